The van der Waals surface area contributed by atoms with E-state index in [-0.39, 0.29) is 28.3 Å². The van der Waals surface area contributed by atoms with Crippen LogP contribution >= 0.6 is 0 Å². The second kappa shape index (κ2) is 5.48. The fourth-order valence-corrected chi connectivity index (χ4v) is 2.50. The average molecular weight is 277 g/mol. The largest absolute Gasteiger partial charge is 0.393 e. The molecule has 0 spiro atoms. The van der Waals surface area contributed by atoms with Gasteiger partial charge < -0.3 is 11.1 Å². The zero-order valence-electron chi connectivity index (χ0n) is 11.5. The first-order valence-corrected chi connectivity index (χ1v) is 6.80. The third-order valence-corrected chi connectivity index (χ3v) is 3.89. The number of nitro groups is 1. The first-order valence-electron chi connectivity index (χ1n) is 6.80. The number of rotatable bonds is 6. The monoisotopic (exact) mass is 277 g/mol. The molecule has 0 unspecified atom stereocenters. The summed E-state index contributed by atoms with van der Waals surface area (Å²) in [7, 11) is 0. The number of nitrogen functional groups attached to an aromatic ring is 1. The van der Waals surface area contributed by atoms with E-state index in [4.69, 9.17) is 5.73 Å². The van der Waals surface area contributed by atoms with Gasteiger partial charge in [0.15, 0.2) is 0 Å². The minimum absolute atomic E-state index is 0.0738. The molecule has 1 aliphatic rings. The fourth-order valence-electron chi connectivity index (χ4n) is 2.50. The van der Waals surface area contributed by atoms with Gasteiger partial charge in [-0.15, -0.1) is 0 Å². The van der Waals surface area contributed by atoms with E-state index in [0.29, 0.717) is 6.54 Å². The van der Waals surface area contributed by atoms with E-state index in [9.17, 15) is 14.9 Å². The molecule has 1 saturated carbocycles. The van der Waals surface area contributed by atoms with Crippen LogP contribution in [0.15, 0.2) is 18.2 Å². The molecule has 0 heterocycles. The Morgan fingerprint density at radius 2 is 2.20 bits per heavy atom. The fraction of sp³-hybridized carbons (Fsp3) is 0.500. The Balaban J connectivity index is 2.06. The van der Waals surface area contributed by atoms with Crippen LogP contribution in [0.1, 0.15) is 43.0 Å². The number of nitrogens with one attached hydrogen (secondary N) is 1. The summed E-state index contributed by atoms with van der Waals surface area (Å²) < 4.78 is 0. The zero-order valence-corrected chi connectivity index (χ0v) is 11.5. The topological polar surface area (TPSA) is 98.3 Å². The van der Waals surface area contributed by atoms with Crippen LogP contribution in [0.3, 0.4) is 0 Å². The van der Waals surface area contributed by atoms with Gasteiger partial charge in [-0.05, 0) is 30.7 Å². The number of carbonyl (C=O) groups excluding carboxylic acids is 1. The predicted molar refractivity (Wildman–Crippen MR) is 76.4 cm³/mol. The van der Waals surface area contributed by atoms with E-state index in [1.54, 1.807) is 0 Å². The summed E-state index contributed by atoms with van der Waals surface area (Å²) in [5, 5.41) is 13.7. The molecule has 0 saturated heterocycles. The first kappa shape index (κ1) is 14.3. The number of anilines is 1. The molecule has 0 aromatic heterocycles. The van der Waals surface area contributed by atoms with Crippen LogP contribution < -0.4 is 11.1 Å². The summed E-state index contributed by atoms with van der Waals surface area (Å²) in [6, 6.07) is 4.28. The Morgan fingerprint density at radius 3 is 2.75 bits per heavy atom. The van der Waals surface area contributed by atoms with Gasteiger partial charge in [-0.3, -0.25) is 14.9 Å². The summed E-state index contributed by atoms with van der Waals surface area (Å²) in [6.45, 7) is 2.74. The lowest BCUT2D eigenvalue weighted by Gasteiger charge is -2.15. The van der Waals surface area contributed by atoms with Gasteiger partial charge in [-0.2, -0.15) is 0 Å². The molecular weight excluding hydrogens is 258 g/mol. The van der Waals surface area contributed by atoms with Crippen LogP contribution in [-0.2, 0) is 0 Å². The number of nitrogens with zero attached hydrogens (tertiary/aromatic N) is 1. The van der Waals surface area contributed by atoms with Crippen molar-refractivity contribution in [1.82, 2.24) is 5.32 Å². The molecule has 3 N–H and O–H groups in total. The molecule has 2 rings (SSSR count). The molecule has 1 aliphatic carbocycles. The van der Waals surface area contributed by atoms with Crippen molar-refractivity contribution in [2.75, 3.05) is 12.3 Å². The van der Waals surface area contributed by atoms with Gasteiger partial charge in [-0.25, -0.2) is 0 Å². The lowest BCUT2D eigenvalue weighted by molar-refractivity contribution is -0.383. The van der Waals surface area contributed by atoms with E-state index in [2.05, 4.69) is 12.2 Å². The van der Waals surface area contributed by atoms with Crippen LogP contribution in [0.4, 0.5) is 11.4 Å². The standard InChI is InChI=1S/C14H19N3O3/c1-2-6-14(7-8-14)9-16-13(18)10-4-3-5-11(12(10)15)17(19)20/h3-5H,2,6-9,15H2,1H3,(H,16,18). The lowest BCUT2D eigenvalue weighted by atomic mass is 10.0. The molecule has 0 radical (unpaired) electrons. The van der Waals surface area contributed by atoms with E-state index in [0.717, 1.165) is 25.7 Å². The zero-order chi connectivity index (χ0) is 14.8. The minimum Gasteiger partial charge on any atom is -0.393 e. The molecule has 1 aromatic rings. The number of carbonyl (C=O) groups is 1. The van der Waals surface area contributed by atoms with E-state index >= 15 is 0 Å². The van der Waals surface area contributed by atoms with Crippen LogP contribution in [0.2, 0.25) is 0 Å². The van der Waals surface area contributed by atoms with Crippen molar-refractivity contribution in [1.29, 1.82) is 0 Å². The molecule has 1 amide bonds. The Labute approximate surface area is 117 Å². The SMILES string of the molecule is CCCC1(CNC(=O)c2cccc([N+](=O)[O-])c2N)CC1. The first-order chi connectivity index (χ1) is 9.49. The summed E-state index contributed by atoms with van der Waals surface area (Å²) >= 11 is 0. The molecule has 6 nitrogen and oxygen atoms in total. The maximum atomic E-state index is 12.1. The molecule has 20 heavy (non-hydrogen) atoms. The van der Waals surface area contributed by atoms with Crippen molar-refractivity contribution >= 4 is 17.3 Å². The molecular formula is C14H19N3O3. The third kappa shape index (κ3) is 2.89. The van der Waals surface area contributed by atoms with Gasteiger partial charge >= 0.3 is 0 Å². The number of nitro benzene ring substituents is 1. The van der Waals surface area contributed by atoms with Crippen molar-refractivity contribution < 1.29 is 9.72 Å². The van der Waals surface area contributed by atoms with Crippen LogP contribution in [-0.4, -0.2) is 17.4 Å². The van der Waals surface area contributed by atoms with Crippen molar-refractivity contribution in [3.63, 3.8) is 0 Å². The number of hydrogen-bond acceptors (Lipinski definition) is 4. The van der Waals surface area contributed by atoms with E-state index in [1.807, 2.05) is 0 Å². The summed E-state index contributed by atoms with van der Waals surface area (Å²) in [6.07, 6.45) is 4.45. The number of para-hydroxylation sites is 1. The molecule has 1 fully saturated rings. The number of nitrogens with two attached hydrogens (primary N) is 1. The van der Waals surface area contributed by atoms with Crippen molar-refractivity contribution in [2.45, 2.75) is 32.6 Å². The Hall–Kier alpha value is -2.11. The van der Waals surface area contributed by atoms with Crippen molar-refractivity contribution in [2.24, 2.45) is 5.41 Å². The van der Waals surface area contributed by atoms with Crippen LogP contribution in [0.5, 0.6) is 0 Å². The second-order valence-corrected chi connectivity index (χ2v) is 5.43. The molecule has 0 aliphatic heterocycles. The summed E-state index contributed by atoms with van der Waals surface area (Å²) in [5.41, 5.74) is 5.80. The normalized spacial score (nSPS) is 15.7. The number of amides is 1. The predicted octanol–water partition coefficient (Wildman–Crippen LogP) is 2.49. The average Bonchev–Trinajstić information content (AvgIpc) is 3.17. The van der Waals surface area contributed by atoms with E-state index in [1.165, 1.54) is 18.2 Å². The Kier molecular flexibility index (Phi) is 3.92. The Bertz CT molecular complexity index is 538. The van der Waals surface area contributed by atoms with Gasteiger partial charge in [0, 0.05) is 12.6 Å². The van der Waals surface area contributed by atoms with E-state index < -0.39 is 4.92 Å². The van der Waals surface area contributed by atoms with Crippen molar-refractivity contribution in [3.05, 3.63) is 33.9 Å². The van der Waals surface area contributed by atoms with Gasteiger partial charge in [0.05, 0.1) is 10.5 Å². The lowest BCUT2D eigenvalue weighted by Crippen LogP contribution is -2.30. The molecule has 6 heteroatoms. The van der Waals surface area contributed by atoms with Gasteiger partial charge in [0.1, 0.15) is 5.69 Å². The highest BCUT2D eigenvalue weighted by molar-refractivity contribution is 6.01. The molecule has 1 aromatic carbocycles. The number of benzene rings is 1. The second-order valence-electron chi connectivity index (χ2n) is 5.43. The number of hydrogen-bond donors (Lipinski definition) is 2. The van der Waals surface area contributed by atoms with Gasteiger partial charge in [0.2, 0.25) is 0 Å². The third-order valence-electron chi connectivity index (χ3n) is 3.89. The highest BCUT2D eigenvalue weighted by atomic mass is 16.6. The highest BCUT2D eigenvalue weighted by Gasteiger charge is 2.41. The van der Waals surface area contributed by atoms with Crippen LogP contribution in [0, 0.1) is 15.5 Å². The highest BCUT2D eigenvalue weighted by Crippen LogP contribution is 2.48. The minimum atomic E-state index is -0.578. The molecule has 0 bridgehead atoms. The molecule has 0 atom stereocenters. The van der Waals surface area contributed by atoms with Gasteiger partial charge in [-0.1, -0.05) is 19.4 Å². The maximum absolute atomic E-state index is 12.1. The van der Waals surface area contributed by atoms with Gasteiger partial charge in [0.25, 0.3) is 11.6 Å². The van der Waals surface area contributed by atoms with Crippen molar-refractivity contribution in [3.8, 4) is 0 Å². The summed E-state index contributed by atoms with van der Waals surface area (Å²) in [5.74, 6) is -0.339. The smallest absolute Gasteiger partial charge is 0.292 e. The van der Waals surface area contributed by atoms with Crippen LogP contribution in [0.25, 0.3) is 0 Å². The maximum Gasteiger partial charge on any atom is 0.292 e. The Morgan fingerprint density at radius 1 is 1.50 bits per heavy atom. The molecule has 108 valence electrons. The quantitative estimate of drug-likeness (QED) is 0.474. The summed E-state index contributed by atoms with van der Waals surface area (Å²) in [4.78, 5) is 22.3.